The van der Waals surface area contributed by atoms with Crippen LogP contribution in [-0.2, 0) is 9.53 Å². The van der Waals surface area contributed by atoms with E-state index < -0.39 is 0 Å². The average molecular weight is 170 g/mol. The highest BCUT2D eigenvalue weighted by atomic mass is 16.5. The highest BCUT2D eigenvalue weighted by molar-refractivity contribution is 5.86. The Morgan fingerprint density at radius 1 is 1.83 bits per heavy atom. The standard InChI is InChI=1S/C8H14N2O2/c1-3-7(11)10(2)8-6-9-4-5-12-8/h3,8-9H,1,4-6H2,2H3. The smallest absolute Gasteiger partial charge is 0.247 e. The Hall–Kier alpha value is -0.870. The maximum absolute atomic E-state index is 11.1. The predicted octanol–water partition coefficient (Wildman–Crippen LogP) is -0.423. The Morgan fingerprint density at radius 3 is 3.08 bits per heavy atom. The zero-order valence-corrected chi connectivity index (χ0v) is 7.25. The van der Waals surface area contributed by atoms with Crippen LogP contribution in [0.5, 0.6) is 0 Å². The first-order chi connectivity index (χ1) is 5.75. The summed E-state index contributed by atoms with van der Waals surface area (Å²) in [7, 11) is 1.71. The first-order valence-corrected chi connectivity index (χ1v) is 3.97. The van der Waals surface area contributed by atoms with Gasteiger partial charge in [0.25, 0.3) is 0 Å². The van der Waals surface area contributed by atoms with E-state index in [1.165, 1.54) is 6.08 Å². The third-order valence-electron chi connectivity index (χ3n) is 1.86. The van der Waals surface area contributed by atoms with E-state index in [9.17, 15) is 4.79 Å². The van der Waals surface area contributed by atoms with Crippen LogP contribution in [0.15, 0.2) is 12.7 Å². The van der Waals surface area contributed by atoms with Gasteiger partial charge in [-0.1, -0.05) is 6.58 Å². The van der Waals surface area contributed by atoms with Crippen molar-refractivity contribution in [3.8, 4) is 0 Å². The first-order valence-electron chi connectivity index (χ1n) is 3.97. The number of nitrogens with zero attached hydrogens (tertiary/aromatic N) is 1. The van der Waals surface area contributed by atoms with Crippen molar-refractivity contribution < 1.29 is 9.53 Å². The van der Waals surface area contributed by atoms with Crippen LogP contribution in [0, 0.1) is 0 Å². The molecule has 0 aromatic carbocycles. The van der Waals surface area contributed by atoms with E-state index in [4.69, 9.17) is 4.74 Å². The fourth-order valence-electron chi connectivity index (χ4n) is 1.09. The van der Waals surface area contributed by atoms with Gasteiger partial charge in [-0.2, -0.15) is 0 Å². The number of amides is 1. The van der Waals surface area contributed by atoms with Gasteiger partial charge in [0.05, 0.1) is 6.61 Å². The Balaban J connectivity index is 2.44. The van der Waals surface area contributed by atoms with Crippen LogP contribution in [0.1, 0.15) is 0 Å². The van der Waals surface area contributed by atoms with E-state index in [-0.39, 0.29) is 12.1 Å². The van der Waals surface area contributed by atoms with E-state index in [0.717, 1.165) is 6.54 Å². The molecule has 68 valence electrons. The van der Waals surface area contributed by atoms with Gasteiger partial charge >= 0.3 is 0 Å². The lowest BCUT2D eigenvalue weighted by molar-refractivity contribution is -0.140. The van der Waals surface area contributed by atoms with E-state index in [0.29, 0.717) is 13.2 Å². The SMILES string of the molecule is C=CC(=O)N(C)C1CNCCO1. The van der Waals surface area contributed by atoms with Crippen molar-refractivity contribution in [2.75, 3.05) is 26.7 Å². The molecule has 1 atom stereocenters. The molecule has 1 unspecified atom stereocenters. The van der Waals surface area contributed by atoms with Crippen LogP contribution in [0.4, 0.5) is 0 Å². The third-order valence-corrected chi connectivity index (χ3v) is 1.86. The van der Waals surface area contributed by atoms with Crippen molar-refractivity contribution in [3.63, 3.8) is 0 Å². The first kappa shape index (κ1) is 9.22. The Morgan fingerprint density at radius 2 is 2.58 bits per heavy atom. The molecule has 1 heterocycles. The van der Waals surface area contributed by atoms with Crippen molar-refractivity contribution in [1.82, 2.24) is 10.2 Å². The Bertz CT molecular complexity index is 176. The maximum Gasteiger partial charge on any atom is 0.247 e. The number of rotatable bonds is 2. The summed E-state index contributed by atoms with van der Waals surface area (Å²) in [5, 5.41) is 3.14. The van der Waals surface area contributed by atoms with Crippen LogP contribution in [-0.4, -0.2) is 43.8 Å². The summed E-state index contributed by atoms with van der Waals surface area (Å²) in [6.45, 7) is 5.61. The molecule has 1 N–H and O–H groups in total. The minimum absolute atomic E-state index is 0.108. The molecule has 1 amide bonds. The average Bonchev–Trinajstić information content (AvgIpc) is 2.17. The molecule has 0 radical (unpaired) electrons. The summed E-state index contributed by atoms with van der Waals surface area (Å²) in [5.74, 6) is -0.108. The minimum atomic E-state index is -0.149. The lowest BCUT2D eigenvalue weighted by Gasteiger charge is -2.30. The summed E-state index contributed by atoms with van der Waals surface area (Å²) >= 11 is 0. The van der Waals surface area contributed by atoms with Crippen LogP contribution >= 0.6 is 0 Å². The largest absolute Gasteiger partial charge is 0.356 e. The molecule has 0 aromatic heterocycles. The molecular weight excluding hydrogens is 156 g/mol. The van der Waals surface area contributed by atoms with Gasteiger partial charge in [0, 0.05) is 20.1 Å². The van der Waals surface area contributed by atoms with Gasteiger partial charge < -0.3 is 15.0 Å². The van der Waals surface area contributed by atoms with Gasteiger partial charge in [-0.3, -0.25) is 4.79 Å². The molecule has 12 heavy (non-hydrogen) atoms. The molecular formula is C8H14N2O2. The monoisotopic (exact) mass is 170 g/mol. The van der Waals surface area contributed by atoms with Crippen molar-refractivity contribution in [3.05, 3.63) is 12.7 Å². The predicted molar refractivity (Wildman–Crippen MR) is 45.6 cm³/mol. The quantitative estimate of drug-likeness (QED) is 0.572. The summed E-state index contributed by atoms with van der Waals surface area (Å²) in [5.41, 5.74) is 0. The van der Waals surface area contributed by atoms with E-state index >= 15 is 0 Å². The Kier molecular flexibility index (Phi) is 3.25. The molecule has 1 rings (SSSR count). The molecule has 0 aromatic rings. The van der Waals surface area contributed by atoms with E-state index in [1.807, 2.05) is 0 Å². The number of ether oxygens (including phenoxy) is 1. The van der Waals surface area contributed by atoms with Crippen LogP contribution < -0.4 is 5.32 Å². The van der Waals surface area contributed by atoms with Crippen molar-refractivity contribution in [2.24, 2.45) is 0 Å². The topological polar surface area (TPSA) is 41.6 Å². The highest BCUT2D eigenvalue weighted by Gasteiger charge is 2.20. The second-order valence-electron chi connectivity index (χ2n) is 2.68. The molecule has 0 aliphatic carbocycles. The van der Waals surface area contributed by atoms with Crippen LogP contribution in [0.25, 0.3) is 0 Å². The third kappa shape index (κ3) is 2.06. The lowest BCUT2D eigenvalue weighted by Crippen LogP contribution is -2.49. The normalized spacial score (nSPS) is 23.2. The minimum Gasteiger partial charge on any atom is -0.356 e. The summed E-state index contributed by atoms with van der Waals surface area (Å²) < 4.78 is 5.36. The van der Waals surface area contributed by atoms with E-state index in [1.54, 1.807) is 11.9 Å². The zero-order valence-electron chi connectivity index (χ0n) is 7.25. The number of hydrogen-bond donors (Lipinski definition) is 1. The second kappa shape index (κ2) is 4.23. The summed E-state index contributed by atoms with van der Waals surface area (Å²) in [6, 6.07) is 0. The zero-order chi connectivity index (χ0) is 8.97. The number of hydrogen-bond acceptors (Lipinski definition) is 3. The number of morpholine rings is 1. The van der Waals surface area contributed by atoms with Gasteiger partial charge in [0.1, 0.15) is 6.23 Å². The van der Waals surface area contributed by atoms with Gasteiger partial charge in [-0.05, 0) is 6.08 Å². The highest BCUT2D eigenvalue weighted by Crippen LogP contribution is 2.01. The maximum atomic E-state index is 11.1. The summed E-state index contributed by atoms with van der Waals surface area (Å²) in [6.07, 6.45) is 1.14. The number of carbonyl (C=O) groups excluding carboxylic acids is 1. The number of nitrogens with one attached hydrogen (secondary N) is 1. The van der Waals surface area contributed by atoms with E-state index in [2.05, 4.69) is 11.9 Å². The van der Waals surface area contributed by atoms with Crippen molar-refractivity contribution in [2.45, 2.75) is 6.23 Å². The Labute approximate surface area is 72.2 Å². The molecule has 1 aliphatic rings. The lowest BCUT2D eigenvalue weighted by atomic mass is 10.4. The van der Waals surface area contributed by atoms with Crippen LogP contribution in [0.2, 0.25) is 0 Å². The number of likely N-dealkylation sites (N-methyl/N-ethyl adjacent to an activating group) is 1. The summed E-state index contributed by atoms with van der Waals surface area (Å²) in [4.78, 5) is 12.7. The molecule has 1 aliphatic heterocycles. The molecule has 1 fully saturated rings. The molecule has 0 bridgehead atoms. The molecule has 1 saturated heterocycles. The molecule has 0 saturated carbocycles. The second-order valence-corrected chi connectivity index (χ2v) is 2.68. The van der Waals surface area contributed by atoms with Gasteiger partial charge in [-0.15, -0.1) is 0 Å². The van der Waals surface area contributed by atoms with Gasteiger partial charge in [0.2, 0.25) is 5.91 Å². The number of carbonyl (C=O) groups is 1. The van der Waals surface area contributed by atoms with Crippen molar-refractivity contribution >= 4 is 5.91 Å². The fraction of sp³-hybridized carbons (Fsp3) is 0.625. The van der Waals surface area contributed by atoms with Gasteiger partial charge in [-0.25, -0.2) is 0 Å². The van der Waals surface area contributed by atoms with Crippen LogP contribution in [0.3, 0.4) is 0 Å². The molecule has 4 heteroatoms. The van der Waals surface area contributed by atoms with Gasteiger partial charge in [0.15, 0.2) is 0 Å². The molecule has 0 spiro atoms. The molecule has 4 nitrogen and oxygen atoms in total. The fourth-order valence-corrected chi connectivity index (χ4v) is 1.09. The van der Waals surface area contributed by atoms with Crippen molar-refractivity contribution in [1.29, 1.82) is 0 Å².